The number of para-hydroxylation sites is 1. The molecule has 238 valence electrons. The first-order valence-electron chi connectivity index (χ1n) is 16.2. The van der Waals surface area contributed by atoms with Gasteiger partial charge in [0.1, 0.15) is 12.4 Å². The molecular formula is C41H34N2O4S. The normalized spacial score (nSPS) is 15.4. The van der Waals surface area contributed by atoms with E-state index in [1.165, 1.54) is 27.7 Å². The molecule has 1 aromatic heterocycles. The molecule has 2 heterocycles. The molecule has 0 spiro atoms. The van der Waals surface area contributed by atoms with Crippen LogP contribution in [-0.4, -0.2) is 18.3 Å². The summed E-state index contributed by atoms with van der Waals surface area (Å²) in [5.74, 6) is 2.05. The van der Waals surface area contributed by atoms with E-state index in [1.807, 2.05) is 66.1 Å². The molecule has 6 aromatic rings. The largest absolute Gasteiger partial charge is 0.496 e. The lowest BCUT2D eigenvalue weighted by molar-refractivity contribution is 0.270. The summed E-state index contributed by atoms with van der Waals surface area (Å²) in [6.45, 7) is 2.86. The van der Waals surface area contributed by atoms with Crippen LogP contribution >= 0.6 is 11.3 Å². The Kier molecular flexibility index (Phi) is 7.90. The molecule has 8 rings (SSSR count). The van der Waals surface area contributed by atoms with Gasteiger partial charge in [-0.25, -0.2) is 4.99 Å². The first-order valence-corrected chi connectivity index (χ1v) is 17.1. The van der Waals surface area contributed by atoms with E-state index >= 15 is 0 Å². The summed E-state index contributed by atoms with van der Waals surface area (Å²) >= 11 is 1.41. The van der Waals surface area contributed by atoms with Gasteiger partial charge in [-0.2, -0.15) is 0 Å². The van der Waals surface area contributed by atoms with Crippen molar-refractivity contribution in [1.82, 2.24) is 4.57 Å². The number of thiazole rings is 1. The van der Waals surface area contributed by atoms with Crippen molar-refractivity contribution in [2.24, 2.45) is 4.99 Å². The van der Waals surface area contributed by atoms with Crippen LogP contribution < -0.4 is 29.1 Å². The summed E-state index contributed by atoms with van der Waals surface area (Å²) in [6.07, 6.45) is 3.65. The Bertz CT molecular complexity index is 2400. The van der Waals surface area contributed by atoms with Crippen molar-refractivity contribution in [2.45, 2.75) is 32.4 Å². The number of hydrogen-bond acceptors (Lipinski definition) is 6. The molecule has 0 N–H and O–H groups in total. The van der Waals surface area contributed by atoms with E-state index in [2.05, 4.69) is 60.7 Å². The van der Waals surface area contributed by atoms with Gasteiger partial charge in [-0.15, -0.1) is 0 Å². The van der Waals surface area contributed by atoms with Gasteiger partial charge in [-0.05, 0) is 77.1 Å². The molecule has 48 heavy (non-hydrogen) atoms. The number of hydrogen-bond donors (Lipinski definition) is 0. The van der Waals surface area contributed by atoms with E-state index in [0.717, 1.165) is 52.1 Å². The van der Waals surface area contributed by atoms with E-state index in [-0.39, 0.29) is 11.6 Å². The zero-order valence-corrected chi connectivity index (χ0v) is 27.6. The molecule has 6 nitrogen and oxygen atoms in total. The van der Waals surface area contributed by atoms with Crippen molar-refractivity contribution in [2.75, 3.05) is 13.7 Å². The Morgan fingerprint density at radius 1 is 0.854 bits per heavy atom. The molecule has 7 heteroatoms. The summed E-state index contributed by atoms with van der Waals surface area (Å²) in [6, 6.07) is 36.5. The molecule has 0 fully saturated rings. The van der Waals surface area contributed by atoms with Crippen LogP contribution in [0.15, 0.2) is 125 Å². The molecule has 1 aliphatic heterocycles. The third-order valence-corrected chi connectivity index (χ3v) is 10.1. The molecule has 1 atom stereocenters. The van der Waals surface area contributed by atoms with E-state index < -0.39 is 0 Å². The number of nitrogens with zero attached hydrogens (tertiary/aromatic N) is 2. The predicted molar refractivity (Wildman–Crippen MR) is 192 cm³/mol. The summed E-state index contributed by atoms with van der Waals surface area (Å²) < 4.78 is 20.6. The summed E-state index contributed by atoms with van der Waals surface area (Å²) in [7, 11) is 1.68. The zero-order chi connectivity index (χ0) is 32.6. The number of ether oxygens (including phenoxy) is 3. The molecule has 1 aliphatic carbocycles. The monoisotopic (exact) mass is 650 g/mol. The number of rotatable bonds is 8. The average molecular weight is 651 g/mol. The fraction of sp³-hybridized carbons (Fsp3) is 0.171. The number of aryl methyl sites for hydroxylation is 1. The molecular weight excluding hydrogens is 617 g/mol. The highest BCUT2D eigenvalue weighted by molar-refractivity contribution is 7.07. The molecule has 0 saturated heterocycles. The fourth-order valence-corrected chi connectivity index (χ4v) is 7.92. The molecule has 2 aliphatic rings. The molecule has 0 amide bonds. The second-order valence-corrected chi connectivity index (χ2v) is 12.9. The van der Waals surface area contributed by atoms with Gasteiger partial charge in [0, 0.05) is 11.1 Å². The molecule has 5 aromatic carbocycles. The lowest BCUT2D eigenvalue weighted by Crippen LogP contribution is -2.39. The first-order chi connectivity index (χ1) is 23.6. The van der Waals surface area contributed by atoms with Gasteiger partial charge in [0.25, 0.3) is 5.56 Å². The van der Waals surface area contributed by atoms with E-state index in [9.17, 15) is 4.79 Å². The van der Waals surface area contributed by atoms with Crippen molar-refractivity contribution in [1.29, 1.82) is 0 Å². The minimum Gasteiger partial charge on any atom is -0.496 e. The lowest BCUT2D eigenvalue weighted by atomic mass is 9.83. The summed E-state index contributed by atoms with van der Waals surface area (Å²) in [5.41, 5.74) is 7.37. The van der Waals surface area contributed by atoms with E-state index in [4.69, 9.17) is 19.2 Å². The van der Waals surface area contributed by atoms with Crippen molar-refractivity contribution in [3.63, 3.8) is 0 Å². The number of methoxy groups -OCH3 is 1. The Balaban J connectivity index is 1.20. The number of allylic oxidation sites excluding steroid dienone is 1. The first kappa shape index (κ1) is 30.0. The van der Waals surface area contributed by atoms with Crippen LogP contribution in [0.5, 0.6) is 17.2 Å². The molecule has 0 unspecified atom stereocenters. The van der Waals surface area contributed by atoms with Crippen molar-refractivity contribution in [3.05, 3.63) is 162 Å². The van der Waals surface area contributed by atoms with E-state index in [1.54, 1.807) is 7.11 Å². The van der Waals surface area contributed by atoms with Crippen molar-refractivity contribution < 1.29 is 14.2 Å². The van der Waals surface area contributed by atoms with Gasteiger partial charge in [0.05, 0.1) is 30.0 Å². The third-order valence-electron chi connectivity index (χ3n) is 9.13. The Morgan fingerprint density at radius 3 is 2.56 bits per heavy atom. The molecule has 0 bridgehead atoms. The zero-order valence-electron chi connectivity index (χ0n) is 26.8. The van der Waals surface area contributed by atoms with Crippen LogP contribution in [0.2, 0.25) is 0 Å². The second-order valence-electron chi connectivity index (χ2n) is 11.9. The number of benzene rings is 5. The average Bonchev–Trinajstić information content (AvgIpc) is 3.44. The maximum Gasteiger partial charge on any atom is 0.271 e. The van der Waals surface area contributed by atoms with Crippen LogP contribution in [0, 0.1) is 0 Å². The minimum absolute atomic E-state index is 0.0747. The summed E-state index contributed by atoms with van der Waals surface area (Å²) in [4.78, 5) is 20.2. The van der Waals surface area contributed by atoms with E-state index in [0.29, 0.717) is 34.0 Å². The Hall–Kier alpha value is -5.40. The van der Waals surface area contributed by atoms with Gasteiger partial charge < -0.3 is 14.2 Å². The molecule has 0 saturated carbocycles. The predicted octanol–water partition coefficient (Wildman–Crippen LogP) is 7.46. The standard InChI is InChI=1S/C41H34N2O4S/c1-3-46-36-23-26(19-22-35(36)47-25-29-14-10-13-27-11-4-6-15-30(27)29)24-37-40(44)43-39(32-17-8-9-18-34(32)45-2)33-21-20-28-12-5-7-16-31(28)38(33)42-41(43)48-37/h4-19,22-24,39H,3,20-21,25H2,1-2H3/b37-24-/t39-/m1/s1. The minimum atomic E-state index is -0.313. The van der Waals surface area contributed by atoms with Gasteiger partial charge >= 0.3 is 0 Å². The number of aromatic nitrogens is 1. The van der Waals surface area contributed by atoms with Gasteiger partial charge in [0.15, 0.2) is 16.3 Å². The highest BCUT2D eigenvalue weighted by Crippen LogP contribution is 2.43. The fourth-order valence-electron chi connectivity index (χ4n) is 6.92. The maximum absolute atomic E-state index is 14.3. The van der Waals surface area contributed by atoms with Crippen LogP contribution in [0.25, 0.3) is 22.5 Å². The lowest BCUT2D eigenvalue weighted by Gasteiger charge is -2.31. The maximum atomic E-state index is 14.3. The van der Waals surface area contributed by atoms with Crippen molar-refractivity contribution >= 4 is 33.9 Å². The van der Waals surface area contributed by atoms with Gasteiger partial charge in [0.2, 0.25) is 0 Å². The Morgan fingerprint density at radius 2 is 1.67 bits per heavy atom. The van der Waals surface area contributed by atoms with Crippen LogP contribution in [0.3, 0.4) is 0 Å². The highest BCUT2D eigenvalue weighted by Gasteiger charge is 2.34. The topological polar surface area (TPSA) is 62.0 Å². The SMILES string of the molecule is CCOc1cc(/C=c2\sc3n(c2=O)[C@H](c2ccccc2OC)C2=C(N=3)c3ccccc3CC2)ccc1OCc1cccc2ccccc12. The third kappa shape index (κ3) is 5.30. The molecule has 0 radical (unpaired) electrons. The highest BCUT2D eigenvalue weighted by atomic mass is 32.1. The quantitative estimate of drug-likeness (QED) is 0.172. The summed E-state index contributed by atoms with van der Waals surface area (Å²) in [5, 5.41) is 2.35. The smallest absolute Gasteiger partial charge is 0.271 e. The van der Waals surface area contributed by atoms with Crippen molar-refractivity contribution in [3.8, 4) is 17.2 Å². The second kappa shape index (κ2) is 12.7. The van der Waals surface area contributed by atoms with Gasteiger partial charge in [-0.3, -0.25) is 9.36 Å². The van der Waals surface area contributed by atoms with Crippen LogP contribution in [0.4, 0.5) is 0 Å². The number of fused-ring (bicyclic) bond motifs is 4. The Labute approximate surface area is 282 Å². The van der Waals surface area contributed by atoms with Crippen LogP contribution in [0.1, 0.15) is 47.2 Å². The van der Waals surface area contributed by atoms with Crippen LogP contribution in [-0.2, 0) is 13.0 Å². The van der Waals surface area contributed by atoms with Gasteiger partial charge in [-0.1, -0.05) is 102 Å².